The Labute approximate surface area is 84.3 Å². The maximum absolute atomic E-state index is 9.45. The molecule has 0 atom stereocenters. The SMILES string of the molecule is Oc1cccc2c(CCBr)coc12. The highest BCUT2D eigenvalue weighted by molar-refractivity contribution is 9.09. The highest BCUT2D eigenvalue weighted by atomic mass is 79.9. The van der Waals surface area contributed by atoms with Crippen molar-refractivity contribution in [2.75, 3.05) is 5.33 Å². The van der Waals surface area contributed by atoms with Gasteiger partial charge in [-0.25, -0.2) is 0 Å². The van der Waals surface area contributed by atoms with Crippen molar-refractivity contribution in [3.05, 3.63) is 30.0 Å². The molecule has 0 bridgehead atoms. The minimum absolute atomic E-state index is 0.207. The number of phenolic OH excluding ortho intramolecular Hbond substituents is 1. The molecule has 0 spiro atoms. The molecule has 1 heterocycles. The zero-order valence-electron chi connectivity index (χ0n) is 6.96. The lowest BCUT2D eigenvalue weighted by Gasteiger charge is -1.94. The molecule has 1 aromatic carbocycles. The Balaban J connectivity index is 2.61. The van der Waals surface area contributed by atoms with Crippen molar-refractivity contribution >= 4 is 26.9 Å². The van der Waals surface area contributed by atoms with Crippen LogP contribution in [0.1, 0.15) is 5.56 Å². The summed E-state index contributed by atoms with van der Waals surface area (Å²) in [5, 5.41) is 11.3. The first-order valence-corrected chi connectivity index (χ1v) is 5.19. The average Bonchev–Trinajstić information content (AvgIpc) is 2.51. The van der Waals surface area contributed by atoms with Gasteiger partial charge in [0.25, 0.3) is 0 Å². The molecule has 2 nitrogen and oxygen atoms in total. The van der Waals surface area contributed by atoms with Gasteiger partial charge in [0, 0.05) is 10.7 Å². The topological polar surface area (TPSA) is 33.4 Å². The Bertz CT molecular complexity index is 420. The fourth-order valence-electron chi connectivity index (χ4n) is 1.39. The molecule has 0 radical (unpaired) electrons. The standard InChI is InChI=1S/C10H9BrO2/c11-5-4-7-6-13-10-8(7)2-1-3-9(10)12/h1-3,6,12H,4-5H2. The number of aryl methyl sites for hydroxylation is 1. The summed E-state index contributed by atoms with van der Waals surface area (Å²) in [5.74, 6) is 0.207. The van der Waals surface area contributed by atoms with Crippen molar-refractivity contribution in [3.8, 4) is 5.75 Å². The van der Waals surface area contributed by atoms with Crippen molar-refractivity contribution in [2.45, 2.75) is 6.42 Å². The van der Waals surface area contributed by atoms with Crippen LogP contribution in [0.4, 0.5) is 0 Å². The zero-order chi connectivity index (χ0) is 9.26. The van der Waals surface area contributed by atoms with Crippen molar-refractivity contribution in [1.29, 1.82) is 0 Å². The van der Waals surface area contributed by atoms with E-state index < -0.39 is 0 Å². The summed E-state index contributed by atoms with van der Waals surface area (Å²) in [5.41, 5.74) is 1.71. The van der Waals surface area contributed by atoms with Crippen LogP contribution in [0.25, 0.3) is 11.0 Å². The van der Waals surface area contributed by atoms with Crippen LogP contribution in [0.3, 0.4) is 0 Å². The van der Waals surface area contributed by atoms with E-state index in [2.05, 4.69) is 15.9 Å². The fraction of sp³-hybridized carbons (Fsp3) is 0.200. The number of alkyl halides is 1. The van der Waals surface area contributed by atoms with Crippen molar-refractivity contribution < 1.29 is 9.52 Å². The van der Waals surface area contributed by atoms with Gasteiger partial charge in [-0.3, -0.25) is 0 Å². The fourth-order valence-corrected chi connectivity index (χ4v) is 1.82. The van der Waals surface area contributed by atoms with Gasteiger partial charge in [-0.2, -0.15) is 0 Å². The van der Waals surface area contributed by atoms with Crippen LogP contribution in [0.15, 0.2) is 28.9 Å². The van der Waals surface area contributed by atoms with Gasteiger partial charge in [0.2, 0.25) is 0 Å². The van der Waals surface area contributed by atoms with Crippen molar-refractivity contribution in [3.63, 3.8) is 0 Å². The summed E-state index contributed by atoms with van der Waals surface area (Å²) >= 11 is 3.37. The van der Waals surface area contributed by atoms with Crippen molar-refractivity contribution in [1.82, 2.24) is 0 Å². The largest absolute Gasteiger partial charge is 0.504 e. The van der Waals surface area contributed by atoms with Gasteiger partial charge < -0.3 is 9.52 Å². The van der Waals surface area contributed by atoms with Gasteiger partial charge in [-0.1, -0.05) is 28.1 Å². The van der Waals surface area contributed by atoms with Gasteiger partial charge >= 0.3 is 0 Å². The third-order valence-corrected chi connectivity index (χ3v) is 2.42. The van der Waals surface area contributed by atoms with Crippen LogP contribution in [0.5, 0.6) is 5.75 Å². The normalized spacial score (nSPS) is 10.8. The van der Waals surface area contributed by atoms with Gasteiger partial charge in [0.05, 0.1) is 6.26 Å². The molecule has 2 aromatic rings. The predicted molar refractivity (Wildman–Crippen MR) is 55.4 cm³/mol. The quantitative estimate of drug-likeness (QED) is 0.819. The number of para-hydroxylation sites is 1. The van der Waals surface area contributed by atoms with Crippen LogP contribution in [-0.2, 0) is 6.42 Å². The highest BCUT2D eigenvalue weighted by Crippen LogP contribution is 2.28. The number of benzene rings is 1. The van der Waals surface area contributed by atoms with Crippen LogP contribution < -0.4 is 0 Å². The molecule has 68 valence electrons. The Hall–Kier alpha value is -0.960. The molecule has 0 aliphatic rings. The summed E-state index contributed by atoms with van der Waals surface area (Å²) in [7, 11) is 0. The van der Waals surface area contributed by atoms with Crippen LogP contribution in [0, 0.1) is 0 Å². The second-order valence-electron chi connectivity index (χ2n) is 2.85. The molecule has 0 aliphatic heterocycles. The molecular formula is C10H9BrO2. The van der Waals surface area contributed by atoms with Gasteiger partial charge in [0.15, 0.2) is 11.3 Å². The molecule has 0 aliphatic carbocycles. The number of fused-ring (bicyclic) bond motifs is 1. The lowest BCUT2D eigenvalue weighted by molar-refractivity contribution is 0.465. The van der Waals surface area contributed by atoms with E-state index in [-0.39, 0.29) is 5.75 Å². The number of phenols is 1. The molecule has 0 amide bonds. The number of hydrogen-bond acceptors (Lipinski definition) is 2. The first-order chi connectivity index (χ1) is 6.33. The molecule has 1 aromatic heterocycles. The second-order valence-corrected chi connectivity index (χ2v) is 3.65. The predicted octanol–water partition coefficient (Wildman–Crippen LogP) is 3.08. The third-order valence-electron chi connectivity index (χ3n) is 2.02. The molecule has 0 fully saturated rings. The molecule has 0 unspecified atom stereocenters. The molecular weight excluding hydrogens is 232 g/mol. The molecule has 3 heteroatoms. The summed E-state index contributed by atoms with van der Waals surface area (Å²) in [6.07, 6.45) is 2.61. The second kappa shape index (κ2) is 3.42. The first-order valence-electron chi connectivity index (χ1n) is 4.07. The number of hydrogen-bond donors (Lipinski definition) is 1. The number of aromatic hydroxyl groups is 1. The minimum atomic E-state index is 0.207. The number of furan rings is 1. The summed E-state index contributed by atoms with van der Waals surface area (Å²) in [6, 6.07) is 5.41. The summed E-state index contributed by atoms with van der Waals surface area (Å²) < 4.78 is 5.26. The van der Waals surface area contributed by atoms with Crippen LogP contribution in [-0.4, -0.2) is 10.4 Å². The lowest BCUT2D eigenvalue weighted by Crippen LogP contribution is -1.81. The van der Waals surface area contributed by atoms with Crippen LogP contribution in [0.2, 0.25) is 0 Å². The van der Waals surface area contributed by atoms with E-state index >= 15 is 0 Å². The molecule has 0 saturated carbocycles. The zero-order valence-corrected chi connectivity index (χ0v) is 8.54. The Morgan fingerprint density at radius 1 is 1.38 bits per heavy atom. The molecule has 0 saturated heterocycles. The third kappa shape index (κ3) is 1.44. The van der Waals surface area contributed by atoms with E-state index in [1.165, 1.54) is 0 Å². The van der Waals surface area contributed by atoms with E-state index in [1.54, 1.807) is 12.3 Å². The smallest absolute Gasteiger partial charge is 0.175 e. The van der Waals surface area contributed by atoms with E-state index in [4.69, 9.17) is 4.42 Å². The van der Waals surface area contributed by atoms with Gasteiger partial charge in [-0.05, 0) is 18.1 Å². The molecule has 2 rings (SSSR count). The average molecular weight is 241 g/mol. The number of rotatable bonds is 2. The maximum atomic E-state index is 9.45. The van der Waals surface area contributed by atoms with Crippen LogP contribution >= 0.6 is 15.9 Å². The van der Waals surface area contributed by atoms with E-state index in [9.17, 15) is 5.11 Å². The van der Waals surface area contributed by atoms with E-state index in [1.807, 2.05) is 12.1 Å². The summed E-state index contributed by atoms with van der Waals surface area (Å²) in [6.45, 7) is 0. The van der Waals surface area contributed by atoms with Crippen molar-refractivity contribution in [2.24, 2.45) is 0 Å². The van der Waals surface area contributed by atoms with E-state index in [0.717, 1.165) is 22.7 Å². The number of halogens is 1. The Morgan fingerprint density at radius 3 is 3.00 bits per heavy atom. The lowest BCUT2D eigenvalue weighted by atomic mass is 10.1. The van der Waals surface area contributed by atoms with Gasteiger partial charge in [-0.15, -0.1) is 0 Å². The van der Waals surface area contributed by atoms with Gasteiger partial charge in [0.1, 0.15) is 0 Å². The monoisotopic (exact) mass is 240 g/mol. The first kappa shape index (κ1) is 8.63. The summed E-state index contributed by atoms with van der Waals surface area (Å²) in [4.78, 5) is 0. The Kier molecular flexibility index (Phi) is 2.27. The Morgan fingerprint density at radius 2 is 2.23 bits per heavy atom. The molecule has 13 heavy (non-hydrogen) atoms. The maximum Gasteiger partial charge on any atom is 0.175 e. The molecule has 1 N–H and O–H groups in total. The van der Waals surface area contributed by atoms with E-state index in [0.29, 0.717) is 5.58 Å². The minimum Gasteiger partial charge on any atom is -0.504 e. The highest BCUT2D eigenvalue weighted by Gasteiger charge is 2.07.